The average molecular weight is 454 g/mol. The molecule has 0 saturated heterocycles. The second-order valence-electron chi connectivity index (χ2n) is 5.40. The SMILES string of the molecule is C/C(=N\NC(=O)COc1c(C)cc(Br)cc1C)c1ccc(Br)cc1. The number of nitrogens with one attached hydrogen (secondary N) is 1. The summed E-state index contributed by atoms with van der Waals surface area (Å²) in [5.41, 5.74) is 6.14. The molecule has 0 atom stereocenters. The number of amides is 1. The molecule has 126 valence electrons. The maximum absolute atomic E-state index is 11.9. The van der Waals surface area contributed by atoms with Crippen LogP contribution < -0.4 is 10.2 Å². The molecule has 0 unspecified atom stereocenters. The second-order valence-corrected chi connectivity index (χ2v) is 7.23. The molecule has 0 aliphatic heterocycles. The van der Waals surface area contributed by atoms with Gasteiger partial charge in [0.1, 0.15) is 5.75 Å². The molecule has 0 heterocycles. The number of aryl methyl sites for hydroxylation is 2. The van der Waals surface area contributed by atoms with Crippen molar-refractivity contribution in [2.75, 3.05) is 6.61 Å². The van der Waals surface area contributed by atoms with Crippen molar-refractivity contribution >= 4 is 43.5 Å². The van der Waals surface area contributed by atoms with Crippen LogP contribution in [0.3, 0.4) is 0 Å². The molecule has 0 bridgehead atoms. The molecule has 1 N–H and O–H groups in total. The van der Waals surface area contributed by atoms with E-state index in [4.69, 9.17) is 4.74 Å². The van der Waals surface area contributed by atoms with Crippen molar-refractivity contribution < 1.29 is 9.53 Å². The van der Waals surface area contributed by atoms with Gasteiger partial charge in [-0.3, -0.25) is 4.79 Å². The Kier molecular flexibility index (Phi) is 6.57. The molecule has 2 aromatic carbocycles. The molecule has 0 saturated carbocycles. The van der Waals surface area contributed by atoms with Crippen LogP contribution in [0.25, 0.3) is 0 Å². The van der Waals surface area contributed by atoms with E-state index in [1.165, 1.54) is 0 Å². The third-order valence-corrected chi connectivity index (χ3v) is 4.37. The van der Waals surface area contributed by atoms with Crippen molar-refractivity contribution in [3.8, 4) is 5.75 Å². The van der Waals surface area contributed by atoms with Crippen LogP contribution in [0.1, 0.15) is 23.6 Å². The van der Waals surface area contributed by atoms with E-state index in [1.54, 1.807) is 0 Å². The zero-order valence-corrected chi connectivity index (χ0v) is 16.9. The quantitative estimate of drug-likeness (QED) is 0.524. The predicted octanol–water partition coefficient (Wildman–Crippen LogP) is 4.75. The number of nitrogens with zero attached hydrogens (tertiary/aromatic N) is 1. The van der Waals surface area contributed by atoms with Gasteiger partial charge in [-0.05, 0) is 61.7 Å². The van der Waals surface area contributed by atoms with E-state index in [0.717, 1.165) is 37.1 Å². The Morgan fingerprint density at radius 2 is 1.67 bits per heavy atom. The summed E-state index contributed by atoms with van der Waals surface area (Å²) >= 11 is 6.83. The lowest BCUT2D eigenvalue weighted by atomic mass is 10.1. The highest BCUT2D eigenvalue weighted by molar-refractivity contribution is 9.10. The van der Waals surface area contributed by atoms with Crippen LogP contribution in [0.5, 0.6) is 5.75 Å². The number of carbonyl (C=O) groups excluding carboxylic acids is 1. The van der Waals surface area contributed by atoms with E-state index in [9.17, 15) is 4.79 Å². The van der Waals surface area contributed by atoms with Crippen LogP contribution in [-0.4, -0.2) is 18.2 Å². The lowest BCUT2D eigenvalue weighted by Gasteiger charge is -2.12. The summed E-state index contributed by atoms with van der Waals surface area (Å²) in [4.78, 5) is 11.9. The largest absolute Gasteiger partial charge is 0.483 e. The highest BCUT2D eigenvalue weighted by atomic mass is 79.9. The maximum atomic E-state index is 11.9. The summed E-state index contributed by atoms with van der Waals surface area (Å²) in [6, 6.07) is 11.6. The first-order chi connectivity index (χ1) is 11.4. The zero-order valence-electron chi connectivity index (χ0n) is 13.7. The minimum atomic E-state index is -0.298. The number of rotatable bonds is 5. The van der Waals surface area contributed by atoms with Gasteiger partial charge in [0.05, 0.1) is 5.71 Å². The fourth-order valence-electron chi connectivity index (χ4n) is 2.20. The molecule has 0 aromatic heterocycles. The fourth-order valence-corrected chi connectivity index (χ4v) is 3.15. The monoisotopic (exact) mass is 452 g/mol. The Balaban J connectivity index is 1.94. The Bertz CT molecular complexity index is 748. The lowest BCUT2D eigenvalue weighted by molar-refractivity contribution is -0.123. The van der Waals surface area contributed by atoms with Gasteiger partial charge in [0.2, 0.25) is 0 Å². The fraction of sp³-hybridized carbons (Fsp3) is 0.222. The number of hydrogen-bond donors (Lipinski definition) is 1. The van der Waals surface area contributed by atoms with Gasteiger partial charge in [-0.1, -0.05) is 44.0 Å². The average Bonchev–Trinajstić information content (AvgIpc) is 2.52. The minimum Gasteiger partial charge on any atom is -0.483 e. The van der Waals surface area contributed by atoms with Crippen molar-refractivity contribution in [2.24, 2.45) is 5.10 Å². The number of ether oxygens (including phenoxy) is 1. The molecule has 0 aliphatic carbocycles. The zero-order chi connectivity index (χ0) is 17.7. The first kappa shape index (κ1) is 18.7. The van der Waals surface area contributed by atoms with Gasteiger partial charge in [0.25, 0.3) is 5.91 Å². The molecule has 4 nitrogen and oxygen atoms in total. The summed E-state index contributed by atoms with van der Waals surface area (Å²) in [5, 5.41) is 4.11. The van der Waals surface area contributed by atoms with Gasteiger partial charge in [-0.25, -0.2) is 5.43 Å². The summed E-state index contributed by atoms with van der Waals surface area (Å²) in [6.45, 7) is 5.65. The number of halogens is 2. The molecule has 1 amide bonds. The minimum absolute atomic E-state index is 0.0829. The molecule has 0 aliphatic rings. The predicted molar refractivity (Wildman–Crippen MR) is 104 cm³/mol. The first-order valence-electron chi connectivity index (χ1n) is 7.35. The number of hydrogen-bond acceptors (Lipinski definition) is 3. The number of hydrazone groups is 1. The van der Waals surface area contributed by atoms with Crippen molar-refractivity contribution in [1.82, 2.24) is 5.43 Å². The smallest absolute Gasteiger partial charge is 0.277 e. The molecule has 2 aromatic rings. The molecule has 0 radical (unpaired) electrons. The second kappa shape index (κ2) is 8.44. The summed E-state index contributed by atoms with van der Waals surface area (Å²) in [5.74, 6) is 0.426. The van der Waals surface area contributed by atoms with Crippen LogP contribution in [0.15, 0.2) is 50.4 Å². The third kappa shape index (κ3) is 5.18. The van der Waals surface area contributed by atoms with Crippen molar-refractivity contribution in [2.45, 2.75) is 20.8 Å². The van der Waals surface area contributed by atoms with Crippen molar-refractivity contribution in [1.29, 1.82) is 0 Å². The van der Waals surface area contributed by atoms with E-state index >= 15 is 0 Å². The van der Waals surface area contributed by atoms with Gasteiger partial charge in [-0.15, -0.1) is 0 Å². The Morgan fingerprint density at radius 3 is 2.25 bits per heavy atom. The molecule has 0 spiro atoms. The van der Waals surface area contributed by atoms with Crippen LogP contribution in [0.2, 0.25) is 0 Å². The van der Waals surface area contributed by atoms with E-state index in [1.807, 2.05) is 57.2 Å². The highest BCUT2D eigenvalue weighted by Crippen LogP contribution is 2.27. The van der Waals surface area contributed by atoms with E-state index < -0.39 is 0 Å². The van der Waals surface area contributed by atoms with E-state index in [2.05, 4.69) is 42.4 Å². The van der Waals surface area contributed by atoms with Crippen LogP contribution in [0.4, 0.5) is 0 Å². The standard InChI is InChI=1S/C18H18Br2N2O2/c1-11-8-16(20)9-12(2)18(11)24-10-17(23)22-21-13(3)14-4-6-15(19)7-5-14/h4-9H,10H2,1-3H3,(H,22,23)/b21-13+. The maximum Gasteiger partial charge on any atom is 0.277 e. The van der Waals surface area contributed by atoms with Crippen LogP contribution in [-0.2, 0) is 4.79 Å². The highest BCUT2D eigenvalue weighted by Gasteiger charge is 2.08. The lowest BCUT2D eigenvalue weighted by Crippen LogP contribution is -2.26. The Hall–Kier alpha value is -1.66. The van der Waals surface area contributed by atoms with Gasteiger partial charge in [0, 0.05) is 8.95 Å². The number of benzene rings is 2. The molecule has 2 rings (SSSR count). The van der Waals surface area contributed by atoms with Crippen LogP contribution in [0, 0.1) is 13.8 Å². The summed E-state index contributed by atoms with van der Waals surface area (Å²) < 4.78 is 7.62. The first-order valence-corrected chi connectivity index (χ1v) is 8.94. The topological polar surface area (TPSA) is 50.7 Å². The van der Waals surface area contributed by atoms with Crippen molar-refractivity contribution in [3.63, 3.8) is 0 Å². The van der Waals surface area contributed by atoms with Gasteiger partial charge < -0.3 is 4.74 Å². The molecular formula is C18H18Br2N2O2. The normalized spacial score (nSPS) is 11.3. The van der Waals surface area contributed by atoms with Crippen molar-refractivity contribution in [3.05, 3.63) is 62.0 Å². The molecule has 6 heteroatoms. The van der Waals surface area contributed by atoms with E-state index in [-0.39, 0.29) is 12.5 Å². The third-order valence-electron chi connectivity index (χ3n) is 3.38. The number of carbonyl (C=O) groups is 1. The Morgan fingerprint density at radius 1 is 1.08 bits per heavy atom. The van der Waals surface area contributed by atoms with Gasteiger partial charge >= 0.3 is 0 Å². The molecular weight excluding hydrogens is 436 g/mol. The summed E-state index contributed by atoms with van der Waals surface area (Å²) in [7, 11) is 0. The molecule has 24 heavy (non-hydrogen) atoms. The Labute approximate surface area is 158 Å². The molecule has 0 fully saturated rings. The van der Waals surface area contributed by atoms with Crippen LogP contribution >= 0.6 is 31.9 Å². The summed E-state index contributed by atoms with van der Waals surface area (Å²) in [6.07, 6.45) is 0. The van der Waals surface area contributed by atoms with Gasteiger partial charge in [0.15, 0.2) is 6.61 Å². The van der Waals surface area contributed by atoms with E-state index in [0.29, 0.717) is 0 Å². The van der Waals surface area contributed by atoms with Gasteiger partial charge in [-0.2, -0.15) is 5.10 Å².